The molecule has 4 rings (SSSR count). The number of fused-ring (bicyclic) bond motifs is 1. The Morgan fingerprint density at radius 3 is 2.35 bits per heavy atom. The van der Waals surface area contributed by atoms with Gasteiger partial charge in [0.2, 0.25) is 0 Å². The number of alkyl halides is 3. The summed E-state index contributed by atoms with van der Waals surface area (Å²) in [6, 6.07) is 12.4. The number of imidazole rings is 1. The van der Waals surface area contributed by atoms with Crippen LogP contribution in [-0.4, -0.2) is 20.3 Å². The maximum absolute atomic E-state index is 12.7. The molecule has 0 spiro atoms. The predicted octanol–water partition coefficient (Wildman–Crippen LogP) is 5.79. The number of halogens is 3. The molecule has 4 aromatic rings. The zero-order valence-corrected chi connectivity index (χ0v) is 16.8. The van der Waals surface area contributed by atoms with E-state index >= 15 is 0 Å². The quantitative estimate of drug-likeness (QED) is 0.451. The Bertz CT molecular complexity index is 1230. The van der Waals surface area contributed by atoms with Crippen molar-refractivity contribution in [1.29, 1.82) is 0 Å². The summed E-state index contributed by atoms with van der Waals surface area (Å²) in [6.45, 7) is 4.13. The van der Waals surface area contributed by atoms with Crippen molar-refractivity contribution in [3.8, 4) is 11.3 Å². The van der Waals surface area contributed by atoms with Gasteiger partial charge in [-0.25, -0.2) is 4.98 Å². The number of benzene rings is 1. The first-order valence-corrected chi connectivity index (χ1v) is 9.64. The first-order chi connectivity index (χ1) is 14.7. The zero-order valence-electron chi connectivity index (χ0n) is 16.8. The van der Waals surface area contributed by atoms with Crippen LogP contribution in [0.5, 0.6) is 0 Å². The second kappa shape index (κ2) is 7.86. The average molecular weight is 424 g/mol. The predicted molar refractivity (Wildman–Crippen MR) is 112 cm³/mol. The Labute approximate surface area is 176 Å². The number of anilines is 1. The average Bonchev–Trinajstić information content (AvgIpc) is 3.17. The van der Waals surface area contributed by atoms with Gasteiger partial charge in [-0.05, 0) is 42.3 Å². The largest absolute Gasteiger partial charge is 0.417 e. The Morgan fingerprint density at radius 1 is 1.00 bits per heavy atom. The van der Waals surface area contributed by atoms with Crippen molar-refractivity contribution in [3.63, 3.8) is 0 Å². The minimum atomic E-state index is -4.43. The normalized spacial score (nSPS) is 11.8. The fourth-order valence-corrected chi connectivity index (χ4v) is 3.09. The Morgan fingerprint density at radius 2 is 1.74 bits per heavy atom. The van der Waals surface area contributed by atoms with Crippen LogP contribution < -0.4 is 5.32 Å². The number of amides is 1. The van der Waals surface area contributed by atoms with Crippen LogP contribution in [0.1, 0.15) is 41.4 Å². The van der Waals surface area contributed by atoms with Gasteiger partial charge in [0.25, 0.3) is 5.91 Å². The smallest absolute Gasteiger partial charge is 0.321 e. The van der Waals surface area contributed by atoms with Gasteiger partial charge in [0.05, 0.1) is 22.6 Å². The molecule has 0 saturated heterocycles. The zero-order chi connectivity index (χ0) is 22.2. The summed E-state index contributed by atoms with van der Waals surface area (Å²) in [5.41, 5.74) is 3.02. The molecule has 0 aliphatic heterocycles. The molecular weight excluding hydrogens is 405 g/mol. The van der Waals surface area contributed by atoms with E-state index in [9.17, 15) is 18.0 Å². The van der Waals surface area contributed by atoms with Gasteiger partial charge in [0, 0.05) is 29.7 Å². The minimum absolute atomic E-state index is 0.296. The Hall–Kier alpha value is -3.68. The number of carbonyl (C=O) groups excluding carboxylic acids is 1. The summed E-state index contributed by atoms with van der Waals surface area (Å²) in [5, 5.41) is 2.84. The fraction of sp³-hybridized carbons (Fsp3) is 0.174. The number of pyridine rings is 2. The molecule has 8 heteroatoms. The number of aromatic nitrogens is 3. The summed E-state index contributed by atoms with van der Waals surface area (Å²) in [5.74, 6) is 0.00564. The number of nitrogens with one attached hydrogen (secondary N) is 1. The molecule has 0 bridgehead atoms. The molecule has 5 nitrogen and oxygen atoms in total. The van der Waals surface area contributed by atoms with Crippen LogP contribution in [0.4, 0.5) is 18.9 Å². The van der Waals surface area contributed by atoms with E-state index in [-0.39, 0.29) is 5.91 Å². The number of rotatable bonds is 4. The molecule has 0 aliphatic rings. The van der Waals surface area contributed by atoms with E-state index in [0.29, 0.717) is 28.4 Å². The summed E-state index contributed by atoms with van der Waals surface area (Å²) in [4.78, 5) is 21.0. The van der Waals surface area contributed by atoms with E-state index in [0.717, 1.165) is 23.6 Å². The molecule has 0 saturated carbocycles. The summed E-state index contributed by atoms with van der Waals surface area (Å²) < 4.78 is 39.9. The lowest BCUT2D eigenvalue weighted by atomic mass is 10.1. The van der Waals surface area contributed by atoms with Crippen molar-refractivity contribution < 1.29 is 18.0 Å². The van der Waals surface area contributed by atoms with Gasteiger partial charge >= 0.3 is 6.18 Å². The Kier molecular flexibility index (Phi) is 5.22. The van der Waals surface area contributed by atoms with Gasteiger partial charge < -0.3 is 9.72 Å². The molecule has 3 aromatic heterocycles. The van der Waals surface area contributed by atoms with Crippen molar-refractivity contribution in [2.75, 3.05) is 5.32 Å². The fourth-order valence-electron chi connectivity index (χ4n) is 3.09. The number of carbonyl (C=O) groups is 1. The van der Waals surface area contributed by atoms with E-state index < -0.39 is 11.7 Å². The van der Waals surface area contributed by atoms with E-state index in [1.807, 2.05) is 16.7 Å². The van der Waals surface area contributed by atoms with E-state index in [1.54, 1.807) is 36.5 Å². The third-order valence-corrected chi connectivity index (χ3v) is 4.85. The second-order valence-corrected chi connectivity index (χ2v) is 7.47. The van der Waals surface area contributed by atoms with Crippen LogP contribution >= 0.6 is 0 Å². The molecule has 1 N–H and O–H groups in total. The van der Waals surface area contributed by atoms with Crippen LogP contribution in [0.25, 0.3) is 16.9 Å². The van der Waals surface area contributed by atoms with Crippen LogP contribution in [0.15, 0.2) is 67.1 Å². The molecule has 158 valence electrons. The Balaban J connectivity index is 1.49. The van der Waals surface area contributed by atoms with Crippen LogP contribution in [0.3, 0.4) is 0 Å². The lowest BCUT2D eigenvalue weighted by molar-refractivity contribution is -0.137. The van der Waals surface area contributed by atoms with Crippen LogP contribution in [0, 0.1) is 0 Å². The highest BCUT2D eigenvalue weighted by Gasteiger charge is 2.30. The molecule has 1 aromatic carbocycles. The van der Waals surface area contributed by atoms with Gasteiger partial charge in [0.15, 0.2) is 0 Å². The molecule has 0 fully saturated rings. The maximum Gasteiger partial charge on any atom is 0.417 e. The summed E-state index contributed by atoms with van der Waals surface area (Å²) >= 11 is 0. The third kappa shape index (κ3) is 4.42. The van der Waals surface area contributed by atoms with Crippen LogP contribution in [0.2, 0.25) is 0 Å². The van der Waals surface area contributed by atoms with Crippen molar-refractivity contribution in [2.45, 2.75) is 25.9 Å². The molecule has 1 amide bonds. The molecular formula is C23H19F3N4O. The van der Waals surface area contributed by atoms with Gasteiger partial charge in [-0.1, -0.05) is 26.0 Å². The number of nitrogens with zero attached hydrogens (tertiary/aromatic N) is 3. The number of hydrogen-bond donors (Lipinski definition) is 1. The topological polar surface area (TPSA) is 59.3 Å². The van der Waals surface area contributed by atoms with Crippen molar-refractivity contribution in [2.24, 2.45) is 0 Å². The molecule has 0 aliphatic carbocycles. The first kappa shape index (κ1) is 20.6. The standard InChI is InChI=1S/C23H19F3N4O/c1-14(2)20-13-30-12-18(8-10-21(30)29-20)28-22(31)16-5-3-15(4-6-16)19-9-7-17(11-27-19)23(24,25)26/h3-14H,1-2H3,(H,28,31). The number of hydrogen-bond acceptors (Lipinski definition) is 3. The SMILES string of the molecule is CC(C)c1cn2cc(NC(=O)c3ccc(-c4ccc(C(F)(F)F)cn4)cc3)ccc2n1. The van der Waals surface area contributed by atoms with Crippen molar-refractivity contribution >= 4 is 17.2 Å². The highest BCUT2D eigenvalue weighted by molar-refractivity contribution is 6.04. The second-order valence-electron chi connectivity index (χ2n) is 7.47. The highest BCUT2D eigenvalue weighted by atomic mass is 19.4. The minimum Gasteiger partial charge on any atom is -0.321 e. The summed E-state index contributed by atoms with van der Waals surface area (Å²) in [6.07, 6.45) is 0.102. The lowest BCUT2D eigenvalue weighted by Crippen LogP contribution is -2.12. The van der Waals surface area contributed by atoms with E-state index in [2.05, 4.69) is 29.1 Å². The molecule has 0 atom stereocenters. The van der Waals surface area contributed by atoms with E-state index in [1.165, 1.54) is 6.07 Å². The van der Waals surface area contributed by atoms with Gasteiger partial charge in [-0.2, -0.15) is 13.2 Å². The molecule has 3 heterocycles. The first-order valence-electron chi connectivity index (χ1n) is 9.64. The monoisotopic (exact) mass is 424 g/mol. The maximum atomic E-state index is 12.7. The third-order valence-electron chi connectivity index (χ3n) is 4.85. The lowest BCUT2D eigenvalue weighted by Gasteiger charge is -2.08. The molecule has 0 radical (unpaired) electrons. The highest BCUT2D eigenvalue weighted by Crippen LogP contribution is 2.29. The van der Waals surface area contributed by atoms with Crippen molar-refractivity contribution in [1.82, 2.24) is 14.4 Å². The van der Waals surface area contributed by atoms with Crippen LogP contribution in [-0.2, 0) is 6.18 Å². The van der Waals surface area contributed by atoms with Gasteiger partial charge in [0.1, 0.15) is 5.65 Å². The van der Waals surface area contributed by atoms with Gasteiger partial charge in [-0.15, -0.1) is 0 Å². The van der Waals surface area contributed by atoms with Crippen molar-refractivity contribution in [3.05, 3.63) is 83.9 Å². The van der Waals surface area contributed by atoms with E-state index in [4.69, 9.17) is 0 Å². The van der Waals surface area contributed by atoms with Gasteiger partial charge in [-0.3, -0.25) is 9.78 Å². The summed E-state index contributed by atoms with van der Waals surface area (Å²) in [7, 11) is 0. The molecule has 31 heavy (non-hydrogen) atoms. The molecule has 0 unspecified atom stereocenters.